The molecule has 1 fully saturated rings. The van der Waals surface area contributed by atoms with E-state index in [4.69, 9.17) is 11.6 Å². The van der Waals surface area contributed by atoms with Crippen molar-refractivity contribution in [2.75, 3.05) is 0 Å². The Morgan fingerprint density at radius 2 is 2.19 bits per heavy atom. The van der Waals surface area contributed by atoms with Gasteiger partial charge in [0.05, 0.1) is 5.02 Å². The third kappa shape index (κ3) is 2.97. The molecule has 0 bridgehead atoms. The minimum Gasteiger partial charge on any atom is -0.266 e. The van der Waals surface area contributed by atoms with Crippen molar-refractivity contribution in [2.24, 2.45) is 11.0 Å². The average molecular weight is 321 g/mol. The van der Waals surface area contributed by atoms with Crippen molar-refractivity contribution in [1.82, 2.24) is 5.43 Å². The molecule has 1 N–H and O–H groups in total. The second-order valence-corrected chi connectivity index (χ2v) is 6.86. The molecule has 3 rings (SSSR count). The lowest BCUT2D eigenvalue weighted by Gasteiger charge is -2.19. The van der Waals surface area contributed by atoms with E-state index in [1.807, 2.05) is 24.3 Å². The van der Waals surface area contributed by atoms with Gasteiger partial charge >= 0.3 is 0 Å². The highest BCUT2D eigenvalue weighted by atomic mass is 35.5. The Labute approximate surface area is 133 Å². The summed E-state index contributed by atoms with van der Waals surface area (Å²) in [5.41, 5.74) is 3.77. The van der Waals surface area contributed by atoms with Gasteiger partial charge in [-0.3, -0.25) is 4.79 Å². The first-order chi connectivity index (χ1) is 10.2. The number of amides is 1. The van der Waals surface area contributed by atoms with Crippen LogP contribution >= 0.6 is 22.9 Å². The van der Waals surface area contributed by atoms with Crippen LogP contribution in [-0.4, -0.2) is 11.6 Å². The van der Waals surface area contributed by atoms with E-state index in [1.54, 1.807) is 0 Å². The van der Waals surface area contributed by atoms with Gasteiger partial charge in [0.2, 0.25) is 0 Å². The molecule has 110 valence electrons. The lowest BCUT2D eigenvalue weighted by Crippen LogP contribution is -2.23. The van der Waals surface area contributed by atoms with Gasteiger partial charge in [0, 0.05) is 15.8 Å². The number of nitrogens with one attached hydrogen (secondary N) is 1. The first-order valence-corrected chi connectivity index (χ1v) is 8.40. The van der Waals surface area contributed by atoms with Crippen LogP contribution in [0.15, 0.2) is 29.4 Å². The van der Waals surface area contributed by atoms with E-state index >= 15 is 0 Å². The van der Waals surface area contributed by atoms with Crippen LogP contribution in [0.2, 0.25) is 5.02 Å². The third-order valence-electron chi connectivity index (χ3n) is 3.93. The largest absolute Gasteiger partial charge is 0.283 e. The van der Waals surface area contributed by atoms with Crippen LogP contribution in [0.4, 0.5) is 0 Å². The molecule has 1 aromatic carbocycles. The molecule has 1 heterocycles. The van der Waals surface area contributed by atoms with Gasteiger partial charge in [-0.15, -0.1) is 11.3 Å². The molecule has 1 saturated carbocycles. The van der Waals surface area contributed by atoms with Crippen molar-refractivity contribution in [3.63, 3.8) is 0 Å². The summed E-state index contributed by atoms with van der Waals surface area (Å²) in [6.07, 6.45) is 4.53. The maximum atomic E-state index is 12.3. The first-order valence-electron chi connectivity index (χ1n) is 7.20. The van der Waals surface area contributed by atoms with Crippen LogP contribution in [0.3, 0.4) is 0 Å². The maximum Gasteiger partial charge on any atom is 0.283 e. The van der Waals surface area contributed by atoms with E-state index < -0.39 is 0 Å². The molecule has 0 spiro atoms. The maximum absolute atomic E-state index is 12.3. The fourth-order valence-electron chi connectivity index (χ4n) is 2.67. The number of carbonyl (C=O) groups is 1. The smallest absolute Gasteiger partial charge is 0.266 e. The minimum absolute atomic E-state index is 0.216. The van der Waals surface area contributed by atoms with Crippen LogP contribution in [-0.2, 0) is 0 Å². The van der Waals surface area contributed by atoms with Crippen molar-refractivity contribution >= 4 is 44.6 Å². The minimum atomic E-state index is -0.216. The molecule has 5 heteroatoms. The Morgan fingerprint density at radius 3 is 2.95 bits per heavy atom. The number of hydrogen-bond donors (Lipinski definition) is 1. The Balaban J connectivity index is 1.81. The summed E-state index contributed by atoms with van der Waals surface area (Å²) in [5.74, 6) is 0.239. The highest BCUT2D eigenvalue weighted by Gasteiger charge is 2.19. The average Bonchev–Trinajstić information content (AvgIpc) is 2.84. The molecule has 1 atom stereocenters. The Kier molecular flexibility index (Phi) is 4.27. The first kappa shape index (κ1) is 14.5. The summed E-state index contributed by atoms with van der Waals surface area (Å²) in [4.78, 5) is 12.8. The molecule has 21 heavy (non-hydrogen) atoms. The number of carbonyl (C=O) groups excluding carboxylic acids is 1. The Bertz CT molecular complexity index is 707. The van der Waals surface area contributed by atoms with Gasteiger partial charge in [0.1, 0.15) is 4.88 Å². The van der Waals surface area contributed by atoms with Gasteiger partial charge in [-0.1, -0.05) is 43.1 Å². The Morgan fingerprint density at radius 1 is 1.38 bits per heavy atom. The third-order valence-corrected chi connectivity index (χ3v) is 5.61. The van der Waals surface area contributed by atoms with Gasteiger partial charge in [0.25, 0.3) is 5.91 Å². The van der Waals surface area contributed by atoms with Crippen molar-refractivity contribution in [2.45, 2.75) is 32.6 Å². The molecule has 0 aliphatic heterocycles. The molecule has 1 aromatic heterocycles. The van der Waals surface area contributed by atoms with Crippen LogP contribution in [0.5, 0.6) is 0 Å². The summed E-state index contributed by atoms with van der Waals surface area (Å²) >= 11 is 7.71. The lowest BCUT2D eigenvalue weighted by atomic mass is 9.89. The summed E-state index contributed by atoms with van der Waals surface area (Å²) < 4.78 is 1.02. The second kappa shape index (κ2) is 6.16. The number of hydrazone groups is 1. The summed E-state index contributed by atoms with van der Waals surface area (Å²) in [5, 5.41) is 5.76. The summed E-state index contributed by atoms with van der Waals surface area (Å²) in [7, 11) is 0. The van der Waals surface area contributed by atoms with E-state index in [0.717, 1.165) is 35.1 Å². The fourth-order valence-corrected chi connectivity index (χ4v) is 4.08. The normalized spacial score (nSPS) is 20.9. The van der Waals surface area contributed by atoms with Gasteiger partial charge < -0.3 is 0 Å². The molecule has 1 aliphatic carbocycles. The molecule has 1 amide bonds. The van der Waals surface area contributed by atoms with Crippen molar-refractivity contribution in [3.8, 4) is 0 Å². The highest BCUT2D eigenvalue weighted by Crippen LogP contribution is 2.35. The van der Waals surface area contributed by atoms with E-state index in [1.165, 1.54) is 17.8 Å². The molecule has 2 aromatic rings. The van der Waals surface area contributed by atoms with Gasteiger partial charge in [0.15, 0.2) is 0 Å². The topological polar surface area (TPSA) is 41.5 Å². The molecular weight excluding hydrogens is 304 g/mol. The number of rotatable bonds is 2. The number of thiophene rings is 1. The number of halogens is 1. The predicted octanol–water partition coefficient (Wildman–Crippen LogP) is 4.85. The van der Waals surface area contributed by atoms with E-state index in [0.29, 0.717) is 15.8 Å². The van der Waals surface area contributed by atoms with Crippen LogP contribution in [0, 0.1) is 5.92 Å². The number of benzene rings is 1. The van der Waals surface area contributed by atoms with Crippen LogP contribution < -0.4 is 5.43 Å². The van der Waals surface area contributed by atoms with Gasteiger partial charge in [-0.05, 0) is 31.2 Å². The number of fused-ring (bicyclic) bond motifs is 1. The second-order valence-electron chi connectivity index (χ2n) is 5.43. The zero-order chi connectivity index (χ0) is 14.8. The van der Waals surface area contributed by atoms with Gasteiger partial charge in [-0.2, -0.15) is 5.10 Å². The SMILES string of the molecule is C[C@@H]1CCCC/C1=N\NC(=O)c1sc2ccccc2c1Cl. The Hall–Kier alpha value is -1.39. The van der Waals surface area contributed by atoms with E-state index in [2.05, 4.69) is 17.5 Å². The van der Waals surface area contributed by atoms with Crippen LogP contribution in [0.25, 0.3) is 10.1 Å². The summed E-state index contributed by atoms with van der Waals surface area (Å²) in [6.45, 7) is 2.16. The van der Waals surface area contributed by atoms with Gasteiger partial charge in [-0.25, -0.2) is 5.43 Å². The quantitative estimate of drug-likeness (QED) is 0.789. The van der Waals surface area contributed by atoms with Crippen molar-refractivity contribution in [3.05, 3.63) is 34.2 Å². The lowest BCUT2D eigenvalue weighted by molar-refractivity contribution is 0.0958. The molecule has 1 aliphatic rings. The monoisotopic (exact) mass is 320 g/mol. The van der Waals surface area contributed by atoms with Crippen molar-refractivity contribution < 1.29 is 4.79 Å². The molecular formula is C16H17ClN2OS. The number of hydrogen-bond acceptors (Lipinski definition) is 3. The highest BCUT2D eigenvalue weighted by molar-refractivity contribution is 7.21. The standard InChI is InChI=1S/C16H17ClN2OS/c1-10-6-2-4-8-12(10)18-19-16(20)15-14(17)11-7-3-5-9-13(11)21-15/h3,5,7,9-10H,2,4,6,8H2,1H3,(H,19,20)/b18-12+/t10-/m1/s1. The van der Waals surface area contributed by atoms with E-state index in [-0.39, 0.29) is 5.91 Å². The zero-order valence-electron chi connectivity index (χ0n) is 11.9. The predicted molar refractivity (Wildman–Crippen MR) is 89.4 cm³/mol. The van der Waals surface area contributed by atoms with Crippen molar-refractivity contribution in [1.29, 1.82) is 0 Å². The van der Waals surface area contributed by atoms with Crippen LogP contribution in [0.1, 0.15) is 42.3 Å². The number of nitrogens with zero attached hydrogens (tertiary/aromatic N) is 1. The molecule has 0 saturated heterocycles. The molecule has 3 nitrogen and oxygen atoms in total. The molecule has 0 unspecified atom stereocenters. The van der Waals surface area contributed by atoms with E-state index in [9.17, 15) is 4.79 Å². The fraction of sp³-hybridized carbons (Fsp3) is 0.375. The zero-order valence-corrected chi connectivity index (χ0v) is 13.4. The summed E-state index contributed by atoms with van der Waals surface area (Å²) in [6, 6.07) is 7.77. The molecule has 0 radical (unpaired) electrons.